The topological polar surface area (TPSA) is 70.1 Å². The molecule has 3 rings (SSSR count). The highest BCUT2D eigenvalue weighted by atomic mass is 32.2. The van der Waals surface area contributed by atoms with Crippen molar-refractivity contribution in [3.05, 3.63) is 58.4 Å². The number of carboxylic acid groups (broad SMARTS) is 1. The molecule has 1 aromatic carbocycles. The van der Waals surface area contributed by atoms with Gasteiger partial charge in [-0.15, -0.1) is 0 Å². The number of rotatable bonds is 4. The Kier molecular flexibility index (Phi) is 5.38. The number of hydrogen-bond acceptors (Lipinski definition) is 6. The average Bonchev–Trinajstić information content (AvgIpc) is 3.03. The molecule has 1 amide bonds. The monoisotopic (exact) mass is 402 g/mol. The highest BCUT2D eigenvalue weighted by Gasteiger charge is 2.32. The van der Waals surface area contributed by atoms with Gasteiger partial charge in [0.2, 0.25) is 0 Å². The minimum atomic E-state index is -1.10. The number of nitrogens with zero attached hydrogens (tertiary/aromatic N) is 2. The lowest BCUT2D eigenvalue weighted by Gasteiger charge is -2.11. The molecule has 140 valence electrons. The molecule has 0 spiro atoms. The van der Waals surface area contributed by atoms with Gasteiger partial charge in [0.15, 0.2) is 11.6 Å². The first kappa shape index (κ1) is 19.2. The van der Waals surface area contributed by atoms with E-state index in [0.717, 1.165) is 28.1 Å². The van der Waals surface area contributed by atoms with E-state index in [1.54, 1.807) is 24.3 Å². The van der Waals surface area contributed by atoms with Crippen LogP contribution in [0.4, 0.5) is 5.69 Å². The van der Waals surface area contributed by atoms with Gasteiger partial charge in [-0.1, -0.05) is 36.1 Å². The summed E-state index contributed by atoms with van der Waals surface area (Å²) < 4.78 is 6.13. The summed E-state index contributed by atoms with van der Waals surface area (Å²) in [5, 5.41) is 8.84. The number of carbonyl (C=O) groups is 2. The zero-order valence-corrected chi connectivity index (χ0v) is 16.7. The van der Waals surface area contributed by atoms with Gasteiger partial charge in [0.1, 0.15) is 10.9 Å². The Hall–Kier alpha value is -2.58. The SMILES string of the molecule is Cc1cc2c(cc1C)N(C)C(=CC=CC=C1SC(=S)N(CC(=O)O)C1=O)O2. The molecule has 0 unspecified atom stereocenters. The molecular weight excluding hydrogens is 384 g/mol. The molecule has 1 fully saturated rings. The third-order valence-corrected chi connectivity index (χ3v) is 5.64. The summed E-state index contributed by atoms with van der Waals surface area (Å²) >= 11 is 6.15. The summed E-state index contributed by atoms with van der Waals surface area (Å²) in [7, 11) is 1.93. The summed E-state index contributed by atoms with van der Waals surface area (Å²) in [6.45, 7) is 3.68. The van der Waals surface area contributed by atoms with Crippen molar-refractivity contribution in [1.29, 1.82) is 0 Å². The van der Waals surface area contributed by atoms with Crippen molar-refractivity contribution >= 4 is 45.9 Å². The fraction of sp³-hybridized carbons (Fsp3) is 0.211. The highest BCUT2D eigenvalue weighted by molar-refractivity contribution is 8.26. The van der Waals surface area contributed by atoms with Gasteiger partial charge in [-0.2, -0.15) is 0 Å². The molecule has 8 heteroatoms. The number of thioether (sulfide) groups is 1. The van der Waals surface area contributed by atoms with Gasteiger partial charge in [0, 0.05) is 7.05 Å². The fourth-order valence-electron chi connectivity index (χ4n) is 2.63. The molecule has 27 heavy (non-hydrogen) atoms. The predicted octanol–water partition coefficient (Wildman–Crippen LogP) is 3.36. The van der Waals surface area contributed by atoms with Gasteiger partial charge >= 0.3 is 5.97 Å². The number of aryl methyl sites for hydroxylation is 2. The van der Waals surface area contributed by atoms with Crippen LogP contribution in [0.25, 0.3) is 0 Å². The Morgan fingerprint density at radius 2 is 1.93 bits per heavy atom. The smallest absolute Gasteiger partial charge is 0.323 e. The van der Waals surface area contributed by atoms with Gasteiger partial charge in [-0.25, -0.2) is 0 Å². The number of aliphatic carboxylic acids is 1. The van der Waals surface area contributed by atoms with Gasteiger partial charge in [0.05, 0.1) is 10.6 Å². The maximum absolute atomic E-state index is 12.2. The van der Waals surface area contributed by atoms with E-state index in [9.17, 15) is 9.59 Å². The Morgan fingerprint density at radius 3 is 2.63 bits per heavy atom. The summed E-state index contributed by atoms with van der Waals surface area (Å²) in [5.74, 6) is 0.00412. The van der Waals surface area contributed by atoms with Crippen molar-refractivity contribution in [2.45, 2.75) is 13.8 Å². The van der Waals surface area contributed by atoms with E-state index in [1.807, 2.05) is 24.9 Å². The number of fused-ring (bicyclic) bond motifs is 1. The number of carboxylic acids is 1. The van der Waals surface area contributed by atoms with Crippen molar-refractivity contribution < 1.29 is 19.4 Å². The first-order chi connectivity index (χ1) is 12.8. The molecule has 0 bridgehead atoms. The van der Waals surface area contributed by atoms with E-state index in [-0.39, 0.29) is 4.32 Å². The zero-order valence-electron chi connectivity index (χ0n) is 15.1. The van der Waals surface area contributed by atoms with E-state index in [2.05, 4.69) is 13.0 Å². The van der Waals surface area contributed by atoms with Crippen LogP contribution in [0, 0.1) is 13.8 Å². The van der Waals surface area contributed by atoms with Crippen LogP contribution in [0.1, 0.15) is 11.1 Å². The average molecular weight is 402 g/mol. The van der Waals surface area contributed by atoms with Crippen molar-refractivity contribution in [3.8, 4) is 5.75 Å². The molecule has 0 atom stereocenters. The van der Waals surface area contributed by atoms with Gasteiger partial charge in [-0.05, 0) is 49.3 Å². The number of hydrogen-bond donors (Lipinski definition) is 1. The van der Waals surface area contributed by atoms with E-state index in [1.165, 1.54) is 11.1 Å². The van der Waals surface area contributed by atoms with Crippen molar-refractivity contribution in [3.63, 3.8) is 0 Å². The molecule has 0 aliphatic carbocycles. The predicted molar refractivity (Wildman–Crippen MR) is 110 cm³/mol. The number of allylic oxidation sites excluding steroid dienone is 4. The Morgan fingerprint density at radius 1 is 1.26 bits per heavy atom. The molecule has 2 aliphatic heterocycles. The van der Waals surface area contributed by atoms with Crippen LogP contribution in [-0.4, -0.2) is 39.8 Å². The number of carbonyl (C=O) groups excluding carboxylic acids is 1. The van der Waals surface area contributed by atoms with Gasteiger partial charge < -0.3 is 14.7 Å². The second-order valence-corrected chi connectivity index (χ2v) is 7.81. The lowest BCUT2D eigenvalue weighted by molar-refractivity contribution is -0.140. The highest BCUT2D eigenvalue weighted by Crippen LogP contribution is 2.39. The molecule has 1 N–H and O–H groups in total. The maximum atomic E-state index is 12.2. The molecule has 1 aromatic rings. The fourth-order valence-corrected chi connectivity index (χ4v) is 3.84. The second kappa shape index (κ2) is 7.58. The number of benzene rings is 1. The summed E-state index contributed by atoms with van der Waals surface area (Å²) in [6, 6.07) is 4.10. The van der Waals surface area contributed by atoms with Crippen molar-refractivity contribution in [2.24, 2.45) is 0 Å². The van der Waals surface area contributed by atoms with Gasteiger partial charge in [-0.3, -0.25) is 14.5 Å². The first-order valence-electron chi connectivity index (χ1n) is 8.15. The standard InChI is InChI=1S/C19H18N2O4S2/c1-11-8-13-14(9-12(11)2)25-16(20(13)3)7-5-4-6-15-18(24)21(10-17(22)23)19(26)27-15/h4-9H,10H2,1-3H3,(H,22,23). The van der Waals surface area contributed by atoms with Crippen LogP contribution >= 0.6 is 24.0 Å². The number of thiocarbonyl (C=S) groups is 1. The third kappa shape index (κ3) is 3.91. The Bertz CT molecular complexity index is 934. The molecule has 0 saturated carbocycles. The molecule has 2 heterocycles. The number of ether oxygens (including phenoxy) is 1. The quantitative estimate of drug-likeness (QED) is 0.612. The zero-order chi connectivity index (χ0) is 19.7. The molecule has 1 saturated heterocycles. The van der Waals surface area contributed by atoms with Crippen LogP contribution in [0.15, 0.2) is 47.2 Å². The minimum absolute atomic E-state index is 0.250. The van der Waals surface area contributed by atoms with Crippen molar-refractivity contribution in [2.75, 3.05) is 18.5 Å². The van der Waals surface area contributed by atoms with Crippen LogP contribution in [-0.2, 0) is 9.59 Å². The normalized spacial score (nSPS) is 19.5. The summed E-state index contributed by atoms with van der Waals surface area (Å²) in [4.78, 5) is 26.4. The lowest BCUT2D eigenvalue weighted by atomic mass is 10.1. The maximum Gasteiger partial charge on any atom is 0.323 e. The first-order valence-corrected chi connectivity index (χ1v) is 9.37. The number of anilines is 1. The van der Waals surface area contributed by atoms with Gasteiger partial charge in [0.25, 0.3) is 5.91 Å². The Balaban J connectivity index is 1.71. The van der Waals surface area contributed by atoms with E-state index in [4.69, 9.17) is 22.1 Å². The molecule has 6 nitrogen and oxygen atoms in total. The van der Waals surface area contributed by atoms with E-state index >= 15 is 0 Å². The summed E-state index contributed by atoms with van der Waals surface area (Å²) in [6.07, 6.45) is 6.89. The molecule has 0 aromatic heterocycles. The van der Waals surface area contributed by atoms with Crippen LogP contribution in [0.2, 0.25) is 0 Å². The second-order valence-electron chi connectivity index (χ2n) is 6.14. The molecular formula is C19H18N2O4S2. The Labute approximate surface area is 166 Å². The van der Waals surface area contributed by atoms with Crippen LogP contribution in [0.5, 0.6) is 5.75 Å². The van der Waals surface area contributed by atoms with Crippen LogP contribution in [0.3, 0.4) is 0 Å². The minimum Gasteiger partial charge on any atom is -0.480 e. The number of amides is 1. The lowest BCUT2D eigenvalue weighted by Crippen LogP contribution is -2.33. The molecule has 2 aliphatic rings. The molecule has 0 radical (unpaired) electrons. The van der Waals surface area contributed by atoms with Crippen LogP contribution < -0.4 is 9.64 Å². The van der Waals surface area contributed by atoms with E-state index in [0.29, 0.717) is 10.8 Å². The largest absolute Gasteiger partial charge is 0.480 e. The van der Waals surface area contributed by atoms with Crippen molar-refractivity contribution in [1.82, 2.24) is 4.90 Å². The van der Waals surface area contributed by atoms with E-state index < -0.39 is 18.4 Å². The summed E-state index contributed by atoms with van der Waals surface area (Å²) in [5.41, 5.74) is 3.37. The third-order valence-electron chi connectivity index (χ3n) is 4.25.